The van der Waals surface area contributed by atoms with Gasteiger partial charge in [-0.05, 0) is 24.0 Å². The molecule has 0 bridgehead atoms. The van der Waals surface area contributed by atoms with Gasteiger partial charge in [-0.25, -0.2) is 0 Å². The zero-order chi connectivity index (χ0) is 14.7. The highest BCUT2D eigenvalue weighted by molar-refractivity contribution is 6.31. The summed E-state index contributed by atoms with van der Waals surface area (Å²) in [4.78, 5) is 0. The zero-order valence-electron chi connectivity index (χ0n) is 12.2. The van der Waals surface area contributed by atoms with Crippen molar-refractivity contribution >= 4 is 11.6 Å². The van der Waals surface area contributed by atoms with Crippen LogP contribution in [0.3, 0.4) is 0 Å². The van der Waals surface area contributed by atoms with Crippen molar-refractivity contribution in [2.75, 3.05) is 0 Å². The summed E-state index contributed by atoms with van der Waals surface area (Å²) >= 11 is 6.34. The first-order chi connectivity index (χ1) is 9.58. The number of halogens is 1. The summed E-state index contributed by atoms with van der Waals surface area (Å²) in [6.45, 7) is 4.12. The van der Waals surface area contributed by atoms with Crippen LogP contribution in [0.2, 0.25) is 5.02 Å². The molecule has 3 nitrogen and oxygen atoms in total. The highest BCUT2D eigenvalue weighted by Crippen LogP contribution is 2.27. The summed E-state index contributed by atoms with van der Waals surface area (Å²) in [6, 6.07) is 8.00. The Balaban J connectivity index is 2.28. The maximum atomic E-state index is 10.5. The minimum Gasteiger partial charge on any atom is -0.388 e. The van der Waals surface area contributed by atoms with E-state index < -0.39 is 6.10 Å². The maximum Gasteiger partial charge on any atom is 0.0850 e. The summed E-state index contributed by atoms with van der Waals surface area (Å²) in [5.74, 6) is 0. The van der Waals surface area contributed by atoms with E-state index in [9.17, 15) is 5.11 Å². The average Bonchev–Trinajstić information content (AvgIpc) is 2.74. The second-order valence-corrected chi connectivity index (χ2v) is 5.33. The molecule has 0 aliphatic rings. The fourth-order valence-corrected chi connectivity index (χ4v) is 2.89. The van der Waals surface area contributed by atoms with Crippen LogP contribution in [0.1, 0.15) is 42.5 Å². The molecule has 2 aromatic rings. The number of aryl methyl sites for hydroxylation is 3. The number of nitrogens with zero attached hydrogens (tertiary/aromatic N) is 2. The number of aliphatic hydroxyl groups is 1. The minimum absolute atomic E-state index is 0.485. The normalized spacial score (nSPS) is 12.7. The molecule has 1 heterocycles. The van der Waals surface area contributed by atoms with E-state index in [1.54, 1.807) is 4.68 Å². The van der Waals surface area contributed by atoms with Crippen molar-refractivity contribution in [1.29, 1.82) is 0 Å². The first kappa shape index (κ1) is 15.1. The van der Waals surface area contributed by atoms with Crippen LogP contribution in [0.15, 0.2) is 24.3 Å². The van der Waals surface area contributed by atoms with Gasteiger partial charge in [-0.2, -0.15) is 5.10 Å². The molecule has 108 valence electrons. The third-order valence-electron chi connectivity index (χ3n) is 3.68. The summed E-state index contributed by atoms with van der Waals surface area (Å²) < 4.78 is 1.78. The molecule has 1 N–H and O–H groups in total. The van der Waals surface area contributed by atoms with E-state index in [1.165, 1.54) is 5.56 Å². The summed E-state index contributed by atoms with van der Waals surface area (Å²) in [6.07, 6.45) is 1.64. The van der Waals surface area contributed by atoms with Gasteiger partial charge in [0.25, 0.3) is 0 Å². The third-order valence-corrected chi connectivity index (χ3v) is 4.12. The van der Waals surface area contributed by atoms with E-state index in [1.807, 2.05) is 32.2 Å². The van der Waals surface area contributed by atoms with Gasteiger partial charge in [0.2, 0.25) is 0 Å². The quantitative estimate of drug-likeness (QED) is 0.916. The van der Waals surface area contributed by atoms with Crippen LogP contribution in [0.25, 0.3) is 0 Å². The van der Waals surface area contributed by atoms with Gasteiger partial charge in [0.05, 0.1) is 22.5 Å². The van der Waals surface area contributed by atoms with Gasteiger partial charge in [0.15, 0.2) is 0 Å². The Kier molecular flexibility index (Phi) is 4.84. The van der Waals surface area contributed by atoms with Crippen LogP contribution < -0.4 is 0 Å². The Morgan fingerprint density at radius 2 is 1.95 bits per heavy atom. The molecule has 1 atom stereocenters. The molecular formula is C16H21ClN2O. The fraction of sp³-hybridized carbons (Fsp3) is 0.438. The first-order valence-electron chi connectivity index (χ1n) is 7.04. The Hall–Kier alpha value is -1.32. The lowest BCUT2D eigenvalue weighted by Gasteiger charge is -2.15. The van der Waals surface area contributed by atoms with Gasteiger partial charge in [0.1, 0.15) is 0 Å². The lowest BCUT2D eigenvalue weighted by Crippen LogP contribution is -2.08. The Labute approximate surface area is 125 Å². The smallest absolute Gasteiger partial charge is 0.0850 e. The predicted octanol–water partition coefficient (Wildman–Crippen LogP) is 3.47. The molecule has 1 aromatic heterocycles. The van der Waals surface area contributed by atoms with Crippen molar-refractivity contribution in [3.63, 3.8) is 0 Å². The molecule has 0 saturated carbocycles. The topological polar surface area (TPSA) is 38.1 Å². The van der Waals surface area contributed by atoms with Crippen LogP contribution in [-0.2, 0) is 26.3 Å². The number of aliphatic hydroxyl groups excluding tert-OH is 1. The monoisotopic (exact) mass is 292 g/mol. The highest BCUT2D eigenvalue weighted by Gasteiger charge is 2.19. The van der Waals surface area contributed by atoms with Crippen molar-refractivity contribution in [2.24, 2.45) is 7.05 Å². The van der Waals surface area contributed by atoms with E-state index >= 15 is 0 Å². The van der Waals surface area contributed by atoms with Crippen molar-refractivity contribution in [1.82, 2.24) is 9.78 Å². The largest absolute Gasteiger partial charge is 0.388 e. The van der Waals surface area contributed by atoms with Gasteiger partial charge < -0.3 is 5.11 Å². The van der Waals surface area contributed by atoms with Crippen molar-refractivity contribution in [3.8, 4) is 0 Å². The lowest BCUT2D eigenvalue weighted by atomic mass is 9.97. The predicted molar refractivity (Wildman–Crippen MR) is 82.1 cm³/mol. The molecule has 4 heteroatoms. The lowest BCUT2D eigenvalue weighted by molar-refractivity contribution is 0.175. The molecule has 2 rings (SSSR count). The number of rotatable bonds is 5. The van der Waals surface area contributed by atoms with Crippen molar-refractivity contribution in [2.45, 2.75) is 39.2 Å². The average molecular weight is 293 g/mol. The first-order valence-corrected chi connectivity index (χ1v) is 7.42. The van der Waals surface area contributed by atoms with Gasteiger partial charge in [-0.1, -0.05) is 49.7 Å². The molecule has 0 spiro atoms. The molecule has 20 heavy (non-hydrogen) atoms. The second-order valence-electron chi connectivity index (χ2n) is 4.96. The molecule has 0 amide bonds. The van der Waals surface area contributed by atoms with Gasteiger partial charge in [-0.3, -0.25) is 4.68 Å². The Morgan fingerprint density at radius 3 is 2.55 bits per heavy atom. The number of benzene rings is 1. The SMILES string of the molecule is CCc1ccccc1C(O)Cc1c(Cl)c(CC)nn1C. The molecule has 0 aliphatic heterocycles. The van der Waals surface area contributed by atoms with Crippen LogP contribution in [0, 0.1) is 0 Å². The standard InChI is InChI=1S/C16H21ClN2O/c1-4-11-8-6-7-9-12(11)15(20)10-14-16(17)13(5-2)18-19(14)3/h6-9,15,20H,4-5,10H2,1-3H3. The van der Waals surface area contributed by atoms with Crippen LogP contribution in [0.5, 0.6) is 0 Å². The third kappa shape index (κ3) is 2.89. The molecule has 1 unspecified atom stereocenters. The molecule has 0 saturated heterocycles. The summed E-state index contributed by atoms with van der Waals surface area (Å²) in [5, 5.41) is 15.6. The summed E-state index contributed by atoms with van der Waals surface area (Å²) in [7, 11) is 1.87. The van der Waals surface area contributed by atoms with Gasteiger partial charge in [-0.15, -0.1) is 0 Å². The van der Waals surface area contributed by atoms with E-state index in [4.69, 9.17) is 11.6 Å². The van der Waals surface area contributed by atoms with Gasteiger partial charge in [0, 0.05) is 13.5 Å². The Morgan fingerprint density at radius 1 is 1.25 bits per heavy atom. The van der Waals surface area contributed by atoms with E-state index in [-0.39, 0.29) is 0 Å². The van der Waals surface area contributed by atoms with Crippen molar-refractivity contribution < 1.29 is 5.11 Å². The molecule has 1 aromatic carbocycles. The van der Waals surface area contributed by atoms with E-state index in [0.29, 0.717) is 11.4 Å². The van der Waals surface area contributed by atoms with Gasteiger partial charge >= 0.3 is 0 Å². The summed E-state index contributed by atoms with van der Waals surface area (Å²) in [5.41, 5.74) is 3.93. The van der Waals surface area contributed by atoms with Crippen LogP contribution >= 0.6 is 11.6 Å². The Bertz CT molecular complexity index is 592. The zero-order valence-corrected chi connectivity index (χ0v) is 13.0. The molecular weight excluding hydrogens is 272 g/mol. The fourth-order valence-electron chi connectivity index (χ4n) is 2.52. The van der Waals surface area contributed by atoms with Crippen LogP contribution in [-0.4, -0.2) is 14.9 Å². The maximum absolute atomic E-state index is 10.5. The molecule has 0 aliphatic carbocycles. The number of hydrogen-bond donors (Lipinski definition) is 1. The van der Waals surface area contributed by atoms with E-state index in [2.05, 4.69) is 18.1 Å². The molecule has 0 fully saturated rings. The second kappa shape index (κ2) is 6.42. The highest BCUT2D eigenvalue weighted by atomic mass is 35.5. The number of aromatic nitrogens is 2. The minimum atomic E-state index is -0.552. The van der Waals surface area contributed by atoms with E-state index in [0.717, 1.165) is 29.8 Å². The molecule has 0 radical (unpaired) electrons. The number of hydrogen-bond acceptors (Lipinski definition) is 2. The van der Waals surface area contributed by atoms with Crippen molar-refractivity contribution in [3.05, 3.63) is 51.8 Å². The van der Waals surface area contributed by atoms with Crippen LogP contribution in [0.4, 0.5) is 0 Å².